The van der Waals surface area contributed by atoms with Crippen molar-refractivity contribution in [3.05, 3.63) is 11.1 Å². The average molecular weight is 577 g/mol. The fourth-order valence-electron chi connectivity index (χ4n) is 6.30. The van der Waals surface area contributed by atoms with Crippen LogP contribution < -0.4 is 0 Å². The lowest BCUT2D eigenvalue weighted by atomic mass is 9.92. The molecule has 0 saturated carbocycles. The molecule has 0 fully saturated rings. The molecule has 0 aliphatic carbocycles. The first-order valence-electron chi connectivity index (χ1n) is 19.1. The third-order valence-corrected chi connectivity index (χ3v) is 9.13. The molecule has 0 saturated heterocycles. The van der Waals surface area contributed by atoms with Crippen LogP contribution in [0.15, 0.2) is 11.1 Å². The van der Waals surface area contributed by atoms with E-state index in [0.717, 1.165) is 31.3 Å². The van der Waals surface area contributed by atoms with E-state index >= 15 is 0 Å². The van der Waals surface area contributed by atoms with E-state index in [-0.39, 0.29) is 0 Å². The molecule has 0 aromatic rings. The van der Waals surface area contributed by atoms with E-state index in [1.165, 1.54) is 192 Å². The SMILES string of the molecule is CCCCCCCCCCCCC(CCCCCCCCCCCC)=C(CCCCCCCCCCCC)C(=O)O. The summed E-state index contributed by atoms with van der Waals surface area (Å²) in [5.74, 6) is -0.630. The van der Waals surface area contributed by atoms with Crippen molar-refractivity contribution in [3.63, 3.8) is 0 Å². The molecule has 0 aliphatic rings. The largest absolute Gasteiger partial charge is 0.478 e. The highest BCUT2D eigenvalue weighted by Gasteiger charge is 2.14. The predicted molar refractivity (Wildman–Crippen MR) is 184 cm³/mol. The van der Waals surface area contributed by atoms with Gasteiger partial charge < -0.3 is 5.11 Å². The zero-order valence-corrected chi connectivity index (χ0v) is 28.7. The Morgan fingerprint density at radius 2 is 0.561 bits per heavy atom. The zero-order valence-electron chi connectivity index (χ0n) is 28.7. The molecule has 0 amide bonds. The number of allylic oxidation sites excluding steroid dienone is 1. The highest BCUT2D eigenvalue weighted by molar-refractivity contribution is 5.87. The normalized spacial score (nSPS) is 11.3. The first-order valence-corrected chi connectivity index (χ1v) is 19.1. The summed E-state index contributed by atoms with van der Waals surface area (Å²) in [5, 5.41) is 10.2. The third kappa shape index (κ3) is 29.1. The van der Waals surface area contributed by atoms with Crippen molar-refractivity contribution in [1.29, 1.82) is 0 Å². The molecule has 1 N–H and O–H groups in total. The van der Waals surface area contributed by atoms with Crippen LogP contribution in [0.4, 0.5) is 0 Å². The van der Waals surface area contributed by atoms with Gasteiger partial charge in [-0.3, -0.25) is 0 Å². The summed E-state index contributed by atoms with van der Waals surface area (Å²) in [6, 6.07) is 0. The molecule has 0 bridgehead atoms. The highest BCUT2D eigenvalue weighted by Crippen LogP contribution is 2.26. The Labute approximate surface area is 259 Å². The first-order chi connectivity index (χ1) is 20.2. The van der Waals surface area contributed by atoms with Gasteiger partial charge in [-0.05, 0) is 38.5 Å². The number of carbonyl (C=O) groups is 1. The van der Waals surface area contributed by atoms with Gasteiger partial charge in [0.25, 0.3) is 0 Å². The second-order valence-corrected chi connectivity index (χ2v) is 13.2. The number of aliphatic carboxylic acids is 1. The lowest BCUT2D eigenvalue weighted by molar-refractivity contribution is -0.132. The molecule has 0 spiro atoms. The maximum absolute atomic E-state index is 12.3. The molecule has 0 aromatic carbocycles. The smallest absolute Gasteiger partial charge is 0.331 e. The summed E-state index contributed by atoms with van der Waals surface area (Å²) < 4.78 is 0. The number of carboxylic acids is 1. The van der Waals surface area contributed by atoms with Crippen LogP contribution in [0.1, 0.15) is 233 Å². The topological polar surface area (TPSA) is 37.3 Å². The molecule has 0 aliphatic heterocycles. The number of hydrogen-bond donors (Lipinski definition) is 1. The minimum absolute atomic E-state index is 0.630. The first kappa shape index (κ1) is 40.2. The Bertz CT molecular complexity index is 538. The Hall–Kier alpha value is -0.790. The number of carboxylic acid groups (broad SMARTS) is 1. The van der Waals surface area contributed by atoms with Gasteiger partial charge in [-0.15, -0.1) is 0 Å². The maximum atomic E-state index is 12.3. The van der Waals surface area contributed by atoms with E-state index in [1.54, 1.807) is 0 Å². The van der Waals surface area contributed by atoms with E-state index in [2.05, 4.69) is 20.8 Å². The van der Waals surface area contributed by atoms with Crippen molar-refractivity contribution in [3.8, 4) is 0 Å². The van der Waals surface area contributed by atoms with Crippen LogP contribution >= 0.6 is 0 Å². The van der Waals surface area contributed by atoms with Gasteiger partial charge in [-0.25, -0.2) is 4.79 Å². The molecule has 0 unspecified atom stereocenters. The van der Waals surface area contributed by atoms with E-state index in [9.17, 15) is 9.90 Å². The number of unbranched alkanes of at least 4 members (excludes halogenated alkanes) is 27. The van der Waals surface area contributed by atoms with Crippen LogP contribution in [0, 0.1) is 0 Å². The summed E-state index contributed by atoms with van der Waals surface area (Å²) >= 11 is 0. The van der Waals surface area contributed by atoms with E-state index in [4.69, 9.17) is 0 Å². The number of rotatable bonds is 34. The van der Waals surface area contributed by atoms with Crippen LogP contribution in [0.3, 0.4) is 0 Å². The van der Waals surface area contributed by atoms with Crippen LogP contribution in [0.5, 0.6) is 0 Å². The van der Waals surface area contributed by atoms with Gasteiger partial charge in [0.1, 0.15) is 0 Å². The van der Waals surface area contributed by atoms with Gasteiger partial charge >= 0.3 is 5.97 Å². The molecule has 0 radical (unpaired) electrons. The summed E-state index contributed by atoms with van der Waals surface area (Å²) in [5.41, 5.74) is 2.09. The second-order valence-electron chi connectivity index (χ2n) is 13.2. The summed E-state index contributed by atoms with van der Waals surface area (Å²) in [6.07, 6.45) is 42.7. The van der Waals surface area contributed by atoms with Gasteiger partial charge in [0, 0.05) is 5.57 Å². The van der Waals surface area contributed by atoms with Crippen LogP contribution in [-0.2, 0) is 4.79 Å². The van der Waals surface area contributed by atoms with Crippen molar-refractivity contribution in [1.82, 2.24) is 0 Å². The van der Waals surface area contributed by atoms with E-state index in [0.29, 0.717) is 0 Å². The maximum Gasteiger partial charge on any atom is 0.331 e. The van der Waals surface area contributed by atoms with Crippen molar-refractivity contribution in [2.75, 3.05) is 0 Å². The fourth-order valence-corrected chi connectivity index (χ4v) is 6.30. The molecule has 2 heteroatoms. The highest BCUT2D eigenvalue weighted by atomic mass is 16.4. The predicted octanol–water partition coefficient (Wildman–Crippen LogP) is 14.3. The molecule has 244 valence electrons. The molecule has 41 heavy (non-hydrogen) atoms. The summed E-state index contributed by atoms with van der Waals surface area (Å²) in [4.78, 5) is 12.3. The molecular formula is C39H76O2. The fraction of sp³-hybridized carbons (Fsp3) is 0.923. The monoisotopic (exact) mass is 577 g/mol. The van der Waals surface area contributed by atoms with Crippen molar-refractivity contribution in [2.45, 2.75) is 233 Å². The van der Waals surface area contributed by atoms with Crippen LogP contribution in [0.25, 0.3) is 0 Å². The lowest BCUT2D eigenvalue weighted by Gasteiger charge is -2.14. The van der Waals surface area contributed by atoms with Crippen molar-refractivity contribution in [2.24, 2.45) is 0 Å². The minimum Gasteiger partial charge on any atom is -0.478 e. The Kier molecular flexibility index (Phi) is 33.1. The van der Waals surface area contributed by atoms with Crippen molar-refractivity contribution < 1.29 is 9.90 Å². The van der Waals surface area contributed by atoms with E-state index < -0.39 is 5.97 Å². The van der Waals surface area contributed by atoms with Gasteiger partial charge in [-0.2, -0.15) is 0 Å². The quantitative estimate of drug-likeness (QED) is 0.0611. The third-order valence-electron chi connectivity index (χ3n) is 9.13. The zero-order chi connectivity index (χ0) is 30.1. The van der Waals surface area contributed by atoms with Gasteiger partial charge in [-0.1, -0.05) is 200 Å². The average Bonchev–Trinajstić information content (AvgIpc) is 2.97. The Morgan fingerprint density at radius 1 is 0.341 bits per heavy atom. The standard InChI is InChI=1S/C39H76O2/c1-4-7-10-13-16-19-22-25-28-31-34-37(35-32-29-26-23-20-17-14-11-8-5-2)38(39(40)41)36-33-30-27-24-21-18-15-12-9-6-3/h4-36H2,1-3H3,(H,40,41). The van der Waals surface area contributed by atoms with Gasteiger partial charge in [0.15, 0.2) is 0 Å². The molecule has 0 atom stereocenters. The Morgan fingerprint density at radius 3 is 0.805 bits per heavy atom. The van der Waals surface area contributed by atoms with Gasteiger partial charge in [0.2, 0.25) is 0 Å². The summed E-state index contributed by atoms with van der Waals surface area (Å²) in [6.45, 7) is 6.85. The molecule has 0 aromatic heterocycles. The molecular weight excluding hydrogens is 500 g/mol. The van der Waals surface area contributed by atoms with Gasteiger partial charge in [0.05, 0.1) is 0 Å². The molecule has 0 rings (SSSR count). The number of hydrogen-bond acceptors (Lipinski definition) is 1. The molecule has 2 nitrogen and oxygen atoms in total. The summed E-state index contributed by atoms with van der Waals surface area (Å²) in [7, 11) is 0. The van der Waals surface area contributed by atoms with Crippen molar-refractivity contribution >= 4 is 5.97 Å². The molecule has 0 heterocycles. The minimum atomic E-state index is -0.630. The Balaban J connectivity index is 4.49. The second kappa shape index (κ2) is 33.7. The lowest BCUT2D eigenvalue weighted by Crippen LogP contribution is -2.06. The van der Waals surface area contributed by atoms with Crippen LogP contribution in [0.2, 0.25) is 0 Å². The van der Waals surface area contributed by atoms with Crippen LogP contribution in [-0.4, -0.2) is 11.1 Å². The van der Waals surface area contributed by atoms with E-state index in [1.807, 2.05) is 0 Å².